The maximum absolute atomic E-state index is 13.0. The summed E-state index contributed by atoms with van der Waals surface area (Å²) in [6.45, 7) is 4.65. The van der Waals surface area contributed by atoms with Gasteiger partial charge in [0.2, 0.25) is 0 Å². The van der Waals surface area contributed by atoms with Gasteiger partial charge in [-0.2, -0.15) is 0 Å². The van der Waals surface area contributed by atoms with E-state index in [9.17, 15) is 4.79 Å². The summed E-state index contributed by atoms with van der Waals surface area (Å²) in [6, 6.07) is 8.22. The fourth-order valence-electron chi connectivity index (χ4n) is 4.20. The van der Waals surface area contributed by atoms with Crippen LogP contribution in [0.25, 0.3) is 0 Å². The molecule has 0 aromatic heterocycles. The van der Waals surface area contributed by atoms with Crippen LogP contribution in [0.4, 0.5) is 0 Å². The van der Waals surface area contributed by atoms with Crippen molar-refractivity contribution in [2.75, 3.05) is 32.8 Å². The first-order valence-electron chi connectivity index (χ1n) is 8.52. The molecule has 1 N–H and O–H groups in total. The molecule has 2 fully saturated rings. The molecule has 4 rings (SSSR count). The van der Waals surface area contributed by atoms with Crippen LogP contribution in [0.5, 0.6) is 0 Å². The van der Waals surface area contributed by atoms with Gasteiger partial charge in [0.15, 0.2) is 6.10 Å². The number of benzene rings is 1. The number of nitrogens with zero attached hydrogens (tertiary/aromatic N) is 1. The summed E-state index contributed by atoms with van der Waals surface area (Å²) in [7, 11) is 0. The van der Waals surface area contributed by atoms with Crippen LogP contribution in [0.1, 0.15) is 30.1 Å². The van der Waals surface area contributed by atoms with Crippen molar-refractivity contribution in [1.29, 1.82) is 0 Å². The van der Waals surface area contributed by atoms with Crippen molar-refractivity contribution in [2.45, 2.75) is 25.4 Å². The second-order valence-corrected chi connectivity index (χ2v) is 6.78. The van der Waals surface area contributed by atoms with E-state index in [1.165, 1.54) is 5.56 Å². The van der Waals surface area contributed by atoms with Crippen molar-refractivity contribution in [1.82, 2.24) is 10.2 Å². The summed E-state index contributed by atoms with van der Waals surface area (Å²) in [5.41, 5.74) is 2.34. The van der Waals surface area contributed by atoms with E-state index >= 15 is 0 Å². The number of amides is 1. The van der Waals surface area contributed by atoms with Crippen LogP contribution in [0.2, 0.25) is 0 Å². The molecule has 0 bridgehead atoms. The third kappa shape index (κ3) is 2.55. The van der Waals surface area contributed by atoms with Crippen LogP contribution >= 0.6 is 0 Å². The maximum Gasteiger partial charge on any atom is 0.256 e. The minimum absolute atomic E-state index is 0.167. The van der Waals surface area contributed by atoms with Gasteiger partial charge in [-0.15, -0.1) is 0 Å². The lowest BCUT2D eigenvalue weighted by atomic mass is 9.92. The van der Waals surface area contributed by atoms with Crippen molar-refractivity contribution in [3.63, 3.8) is 0 Å². The predicted molar refractivity (Wildman–Crippen MR) is 84.5 cm³/mol. The third-order valence-corrected chi connectivity index (χ3v) is 5.55. The largest absolute Gasteiger partial charge is 0.363 e. The Bertz CT molecular complexity index is 546. The van der Waals surface area contributed by atoms with E-state index in [1.807, 2.05) is 23.1 Å². The number of rotatable bonds is 1. The number of hydrogen-bond donors (Lipinski definition) is 1. The Morgan fingerprint density at radius 3 is 2.64 bits per heavy atom. The topological polar surface area (TPSA) is 41.6 Å². The number of likely N-dealkylation sites (tertiary alicyclic amines) is 1. The highest BCUT2D eigenvalue weighted by Crippen LogP contribution is 2.31. The van der Waals surface area contributed by atoms with E-state index in [4.69, 9.17) is 4.74 Å². The van der Waals surface area contributed by atoms with E-state index in [-0.39, 0.29) is 12.0 Å². The molecule has 1 aromatic rings. The lowest BCUT2D eigenvalue weighted by Crippen LogP contribution is -2.39. The normalized spacial score (nSPS) is 31.3. The van der Waals surface area contributed by atoms with E-state index < -0.39 is 0 Å². The summed E-state index contributed by atoms with van der Waals surface area (Å²) in [5, 5.41) is 3.48. The van der Waals surface area contributed by atoms with Gasteiger partial charge in [0.25, 0.3) is 5.91 Å². The van der Waals surface area contributed by atoms with E-state index in [2.05, 4.69) is 11.4 Å². The molecule has 0 saturated carbocycles. The minimum atomic E-state index is -0.388. The summed E-state index contributed by atoms with van der Waals surface area (Å²) in [6.07, 6.45) is 2.77. The highest BCUT2D eigenvalue weighted by Gasteiger charge is 2.35. The first-order chi connectivity index (χ1) is 10.8. The van der Waals surface area contributed by atoms with Gasteiger partial charge in [-0.25, -0.2) is 0 Å². The Hall–Kier alpha value is -1.39. The van der Waals surface area contributed by atoms with Crippen LogP contribution in [-0.2, 0) is 16.0 Å². The molecule has 3 aliphatic rings. The molecule has 118 valence electrons. The van der Waals surface area contributed by atoms with Gasteiger partial charge in [-0.05, 0) is 55.3 Å². The lowest BCUT2D eigenvalue weighted by Gasteiger charge is -2.30. The fraction of sp³-hybridized carbons (Fsp3) is 0.611. The lowest BCUT2D eigenvalue weighted by molar-refractivity contribution is -0.145. The highest BCUT2D eigenvalue weighted by molar-refractivity contribution is 5.83. The summed E-state index contributed by atoms with van der Waals surface area (Å²) >= 11 is 0. The molecule has 1 aromatic carbocycles. The number of ether oxygens (including phenoxy) is 1. The van der Waals surface area contributed by atoms with Crippen LogP contribution in [-0.4, -0.2) is 43.6 Å². The van der Waals surface area contributed by atoms with E-state index in [0.717, 1.165) is 62.8 Å². The first-order valence-corrected chi connectivity index (χ1v) is 8.52. The Balaban J connectivity index is 1.50. The molecule has 0 radical (unpaired) electrons. The highest BCUT2D eigenvalue weighted by atomic mass is 16.5. The molecule has 3 heterocycles. The Kier molecular flexibility index (Phi) is 3.89. The monoisotopic (exact) mass is 300 g/mol. The number of carbonyl (C=O) groups excluding carboxylic acids is 1. The molecule has 0 spiro atoms. The Labute approximate surface area is 131 Å². The van der Waals surface area contributed by atoms with Crippen molar-refractivity contribution < 1.29 is 9.53 Å². The summed E-state index contributed by atoms with van der Waals surface area (Å²) < 4.78 is 5.85. The average Bonchev–Trinajstić information content (AvgIpc) is 2.92. The molecule has 1 unspecified atom stereocenters. The molecule has 1 amide bonds. The second-order valence-electron chi connectivity index (χ2n) is 6.78. The zero-order valence-electron chi connectivity index (χ0n) is 13.0. The predicted octanol–water partition coefficient (Wildman–Crippen LogP) is 1.76. The molecule has 2 saturated heterocycles. The van der Waals surface area contributed by atoms with Crippen molar-refractivity contribution >= 4 is 5.91 Å². The van der Waals surface area contributed by atoms with Gasteiger partial charge in [0, 0.05) is 13.1 Å². The number of hydrogen-bond acceptors (Lipinski definition) is 3. The van der Waals surface area contributed by atoms with E-state index in [0.29, 0.717) is 6.61 Å². The van der Waals surface area contributed by atoms with Gasteiger partial charge >= 0.3 is 0 Å². The number of carbonyl (C=O) groups is 1. The summed E-state index contributed by atoms with van der Waals surface area (Å²) in [5.74, 6) is 1.66. The SMILES string of the molecule is O=C(C1OCCc2ccccc21)N1CC[C@@H]2CNC[C@@H]2CC1. The van der Waals surface area contributed by atoms with Gasteiger partial charge in [-0.1, -0.05) is 24.3 Å². The molecule has 4 nitrogen and oxygen atoms in total. The molecule has 0 aliphatic carbocycles. The smallest absolute Gasteiger partial charge is 0.256 e. The Morgan fingerprint density at radius 1 is 1.14 bits per heavy atom. The standard InChI is InChI=1S/C18H24N2O2/c21-18(17-16-4-2-1-3-13(16)7-10-22-17)20-8-5-14-11-19-12-15(14)6-9-20/h1-4,14-15,17,19H,5-12H2/t14-,15+,17?. The van der Waals surface area contributed by atoms with Crippen LogP contribution < -0.4 is 5.32 Å². The van der Waals surface area contributed by atoms with Gasteiger partial charge in [0.05, 0.1) is 6.61 Å². The average molecular weight is 300 g/mol. The molecule has 4 heteroatoms. The zero-order chi connectivity index (χ0) is 14.9. The second kappa shape index (κ2) is 6.01. The van der Waals surface area contributed by atoms with Crippen molar-refractivity contribution in [2.24, 2.45) is 11.8 Å². The van der Waals surface area contributed by atoms with Gasteiger partial charge in [0.1, 0.15) is 0 Å². The maximum atomic E-state index is 13.0. The zero-order valence-corrected chi connectivity index (χ0v) is 13.0. The van der Waals surface area contributed by atoms with Gasteiger partial charge in [-0.3, -0.25) is 4.79 Å². The van der Waals surface area contributed by atoms with Crippen LogP contribution in [0.15, 0.2) is 24.3 Å². The van der Waals surface area contributed by atoms with Crippen LogP contribution in [0.3, 0.4) is 0 Å². The molecule has 3 aliphatic heterocycles. The molecule has 3 atom stereocenters. The van der Waals surface area contributed by atoms with Gasteiger partial charge < -0.3 is 15.0 Å². The fourth-order valence-corrected chi connectivity index (χ4v) is 4.20. The van der Waals surface area contributed by atoms with E-state index in [1.54, 1.807) is 0 Å². The first kappa shape index (κ1) is 14.2. The van der Waals surface area contributed by atoms with Crippen LogP contribution in [0, 0.1) is 11.8 Å². The molecular formula is C18H24N2O2. The summed E-state index contributed by atoms with van der Waals surface area (Å²) in [4.78, 5) is 15.0. The molecular weight excluding hydrogens is 276 g/mol. The third-order valence-electron chi connectivity index (χ3n) is 5.55. The quantitative estimate of drug-likeness (QED) is 0.859. The number of nitrogens with one attached hydrogen (secondary N) is 1. The van der Waals surface area contributed by atoms with Crippen molar-refractivity contribution in [3.05, 3.63) is 35.4 Å². The minimum Gasteiger partial charge on any atom is -0.363 e. The van der Waals surface area contributed by atoms with Crippen molar-refractivity contribution in [3.8, 4) is 0 Å². The Morgan fingerprint density at radius 2 is 1.86 bits per heavy atom. The molecule has 22 heavy (non-hydrogen) atoms. The number of fused-ring (bicyclic) bond motifs is 2.